The molecule has 2 nitrogen and oxygen atoms in total. The third-order valence-corrected chi connectivity index (χ3v) is 3.46. The second-order valence-corrected chi connectivity index (χ2v) is 4.93. The summed E-state index contributed by atoms with van der Waals surface area (Å²) in [5.41, 5.74) is 7.52. The molecule has 2 aromatic rings. The zero-order valence-electron chi connectivity index (χ0n) is 10.6. The first-order chi connectivity index (χ1) is 9.25. The van der Waals surface area contributed by atoms with Crippen LogP contribution in [0.1, 0.15) is 23.5 Å². The van der Waals surface area contributed by atoms with E-state index in [-0.39, 0.29) is 17.8 Å². The van der Waals surface area contributed by atoms with Crippen LogP contribution in [0, 0.1) is 5.82 Å². The summed E-state index contributed by atoms with van der Waals surface area (Å²) in [6.07, 6.45) is 0.836. The molecular weight excluding hydrogens is 241 g/mol. The van der Waals surface area contributed by atoms with Crippen molar-refractivity contribution in [3.63, 3.8) is 0 Å². The van der Waals surface area contributed by atoms with Crippen molar-refractivity contribution in [1.29, 1.82) is 0 Å². The minimum atomic E-state index is -0.219. The standard InChI is InChI=1S/C16H16FNO/c17-13-7-4-8-15(16(13)12-9-14(12)18)19-10-11-5-2-1-3-6-11/h1-8,12,14H,9-10,18H2/t12-,14-/m1/s1. The third kappa shape index (κ3) is 2.61. The van der Waals surface area contributed by atoms with Gasteiger partial charge in [-0.1, -0.05) is 36.4 Å². The fourth-order valence-corrected chi connectivity index (χ4v) is 2.28. The van der Waals surface area contributed by atoms with Crippen LogP contribution in [-0.2, 0) is 6.61 Å². The molecule has 0 aliphatic heterocycles. The Morgan fingerprint density at radius 2 is 1.84 bits per heavy atom. The fourth-order valence-electron chi connectivity index (χ4n) is 2.28. The first-order valence-corrected chi connectivity index (χ1v) is 6.46. The van der Waals surface area contributed by atoms with E-state index in [1.54, 1.807) is 6.07 Å². The molecule has 0 spiro atoms. The summed E-state index contributed by atoms with van der Waals surface area (Å²) in [5, 5.41) is 0. The van der Waals surface area contributed by atoms with Crippen molar-refractivity contribution in [2.24, 2.45) is 5.73 Å². The van der Waals surface area contributed by atoms with Crippen molar-refractivity contribution < 1.29 is 9.13 Å². The van der Waals surface area contributed by atoms with E-state index in [0.29, 0.717) is 17.9 Å². The van der Waals surface area contributed by atoms with Gasteiger partial charge in [-0.25, -0.2) is 4.39 Å². The summed E-state index contributed by atoms with van der Waals surface area (Å²) in [4.78, 5) is 0. The molecule has 1 saturated carbocycles. The smallest absolute Gasteiger partial charge is 0.130 e. The lowest BCUT2D eigenvalue weighted by Crippen LogP contribution is -2.05. The molecule has 3 heteroatoms. The zero-order valence-corrected chi connectivity index (χ0v) is 10.6. The van der Waals surface area contributed by atoms with Crippen LogP contribution < -0.4 is 10.5 Å². The van der Waals surface area contributed by atoms with Gasteiger partial charge in [-0.2, -0.15) is 0 Å². The highest BCUT2D eigenvalue weighted by atomic mass is 19.1. The molecule has 0 unspecified atom stereocenters. The van der Waals surface area contributed by atoms with Gasteiger partial charge in [0.15, 0.2) is 0 Å². The SMILES string of the molecule is N[C@@H]1C[C@H]1c1c(F)cccc1OCc1ccccc1. The second kappa shape index (κ2) is 5.02. The quantitative estimate of drug-likeness (QED) is 0.912. The molecule has 0 saturated heterocycles. The summed E-state index contributed by atoms with van der Waals surface area (Å²) in [6.45, 7) is 0.444. The summed E-state index contributed by atoms with van der Waals surface area (Å²) in [7, 11) is 0. The van der Waals surface area contributed by atoms with Gasteiger partial charge in [0, 0.05) is 17.5 Å². The van der Waals surface area contributed by atoms with Gasteiger partial charge in [0.05, 0.1) is 0 Å². The first-order valence-electron chi connectivity index (χ1n) is 6.46. The van der Waals surface area contributed by atoms with Gasteiger partial charge in [-0.3, -0.25) is 0 Å². The molecule has 0 heterocycles. The Kier molecular flexibility index (Phi) is 3.22. The summed E-state index contributed by atoms with van der Waals surface area (Å²) in [5.74, 6) is 0.497. The molecule has 3 rings (SSSR count). The van der Waals surface area contributed by atoms with Gasteiger partial charge in [-0.15, -0.1) is 0 Å². The van der Waals surface area contributed by atoms with Gasteiger partial charge in [0.2, 0.25) is 0 Å². The lowest BCUT2D eigenvalue weighted by atomic mass is 10.1. The van der Waals surface area contributed by atoms with Crippen LogP contribution in [0.15, 0.2) is 48.5 Å². The van der Waals surface area contributed by atoms with E-state index in [9.17, 15) is 4.39 Å². The van der Waals surface area contributed by atoms with Crippen LogP contribution in [0.2, 0.25) is 0 Å². The van der Waals surface area contributed by atoms with E-state index in [0.717, 1.165) is 12.0 Å². The minimum Gasteiger partial charge on any atom is -0.489 e. The van der Waals surface area contributed by atoms with Gasteiger partial charge in [0.1, 0.15) is 18.2 Å². The van der Waals surface area contributed by atoms with Crippen LogP contribution in [0.4, 0.5) is 4.39 Å². The molecule has 1 aliphatic carbocycles. The van der Waals surface area contributed by atoms with Crippen molar-refractivity contribution in [2.45, 2.75) is 25.0 Å². The Bertz CT molecular complexity index is 570. The van der Waals surface area contributed by atoms with Crippen LogP contribution in [0.5, 0.6) is 5.75 Å². The average molecular weight is 257 g/mol. The van der Waals surface area contributed by atoms with Crippen LogP contribution in [-0.4, -0.2) is 6.04 Å². The molecule has 2 aromatic carbocycles. The summed E-state index contributed by atoms with van der Waals surface area (Å²) >= 11 is 0. The average Bonchev–Trinajstić information content (AvgIpc) is 3.14. The highest BCUT2D eigenvalue weighted by Gasteiger charge is 2.39. The van der Waals surface area contributed by atoms with Crippen molar-refractivity contribution in [3.8, 4) is 5.75 Å². The van der Waals surface area contributed by atoms with E-state index in [1.807, 2.05) is 36.4 Å². The Balaban J connectivity index is 1.79. The minimum absolute atomic E-state index is 0.0657. The Morgan fingerprint density at radius 1 is 1.11 bits per heavy atom. The highest BCUT2D eigenvalue weighted by Crippen LogP contribution is 2.44. The molecule has 0 bridgehead atoms. The normalized spacial score (nSPS) is 21.2. The van der Waals surface area contributed by atoms with E-state index < -0.39 is 0 Å². The molecule has 0 amide bonds. The molecule has 1 fully saturated rings. The van der Waals surface area contributed by atoms with Gasteiger partial charge in [-0.05, 0) is 24.1 Å². The predicted octanol–water partition coefficient (Wildman–Crippen LogP) is 3.22. The number of halogens is 1. The molecule has 0 radical (unpaired) electrons. The molecular formula is C16H16FNO. The van der Waals surface area contributed by atoms with E-state index in [2.05, 4.69) is 0 Å². The Labute approximate surface area is 112 Å². The molecule has 0 aromatic heterocycles. The second-order valence-electron chi connectivity index (χ2n) is 4.93. The number of benzene rings is 2. The maximum absolute atomic E-state index is 13.9. The monoisotopic (exact) mass is 257 g/mol. The highest BCUT2D eigenvalue weighted by molar-refractivity contribution is 5.42. The fraction of sp³-hybridized carbons (Fsp3) is 0.250. The number of rotatable bonds is 4. The topological polar surface area (TPSA) is 35.2 Å². The molecule has 2 atom stereocenters. The van der Waals surface area contributed by atoms with Crippen LogP contribution in [0.3, 0.4) is 0 Å². The number of ether oxygens (including phenoxy) is 1. The van der Waals surface area contributed by atoms with E-state index >= 15 is 0 Å². The number of hydrogen-bond acceptors (Lipinski definition) is 2. The first kappa shape index (κ1) is 12.2. The molecule has 2 N–H and O–H groups in total. The van der Waals surface area contributed by atoms with Gasteiger partial charge < -0.3 is 10.5 Å². The maximum atomic E-state index is 13.9. The van der Waals surface area contributed by atoms with Crippen molar-refractivity contribution in [1.82, 2.24) is 0 Å². The third-order valence-electron chi connectivity index (χ3n) is 3.46. The van der Waals surface area contributed by atoms with Crippen LogP contribution >= 0.6 is 0 Å². The number of hydrogen-bond donors (Lipinski definition) is 1. The Morgan fingerprint density at radius 3 is 2.53 bits per heavy atom. The van der Waals surface area contributed by atoms with Crippen molar-refractivity contribution in [2.75, 3.05) is 0 Å². The van der Waals surface area contributed by atoms with E-state index in [4.69, 9.17) is 10.5 Å². The molecule has 98 valence electrons. The van der Waals surface area contributed by atoms with Gasteiger partial charge in [0.25, 0.3) is 0 Å². The zero-order chi connectivity index (χ0) is 13.2. The lowest BCUT2D eigenvalue weighted by molar-refractivity contribution is 0.300. The maximum Gasteiger partial charge on any atom is 0.130 e. The summed E-state index contributed by atoms with van der Waals surface area (Å²) in [6, 6.07) is 14.9. The van der Waals surface area contributed by atoms with E-state index in [1.165, 1.54) is 6.07 Å². The molecule has 19 heavy (non-hydrogen) atoms. The molecule has 1 aliphatic rings. The lowest BCUT2D eigenvalue weighted by Gasteiger charge is -2.12. The largest absolute Gasteiger partial charge is 0.489 e. The van der Waals surface area contributed by atoms with Crippen molar-refractivity contribution in [3.05, 3.63) is 65.5 Å². The van der Waals surface area contributed by atoms with Crippen LogP contribution in [0.25, 0.3) is 0 Å². The van der Waals surface area contributed by atoms with Crippen molar-refractivity contribution >= 4 is 0 Å². The number of nitrogens with two attached hydrogens (primary N) is 1. The van der Waals surface area contributed by atoms with Gasteiger partial charge >= 0.3 is 0 Å². The summed E-state index contributed by atoms with van der Waals surface area (Å²) < 4.78 is 19.7. The Hall–Kier alpha value is -1.87. The predicted molar refractivity (Wildman–Crippen MR) is 72.5 cm³/mol.